The normalized spacial score (nSPS) is 27.3. The van der Waals surface area contributed by atoms with E-state index >= 15 is 0 Å². The molecule has 3 rings (SSSR count). The van der Waals surface area contributed by atoms with Crippen LogP contribution in [-0.2, 0) is 9.59 Å². The Morgan fingerprint density at radius 3 is 2.67 bits per heavy atom. The molecule has 1 N–H and O–H groups in total. The molecule has 0 aromatic carbocycles. The number of carboxylic acid groups (broad SMARTS) is 1. The highest BCUT2D eigenvalue weighted by atomic mass is 32.1. The largest absolute Gasteiger partial charge is 0.481 e. The number of thiophene rings is 1. The predicted octanol–water partition coefficient (Wildman–Crippen LogP) is 1.92. The van der Waals surface area contributed by atoms with Gasteiger partial charge >= 0.3 is 5.97 Å². The van der Waals surface area contributed by atoms with E-state index in [0.29, 0.717) is 24.4 Å². The van der Waals surface area contributed by atoms with Gasteiger partial charge in [-0.15, -0.1) is 11.3 Å². The van der Waals surface area contributed by atoms with Crippen molar-refractivity contribution in [2.45, 2.75) is 32.2 Å². The third-order valence-corrected chi connectivity index (χ3v) is 5.88. The van der Waals surface area contributed by atoms with E-state index in [2.05, 4.69) is 0 Å². The molecule has 2 saturated heterocycles. The van der Waals surface area contributed by atoms with Gasteiger partial charge in [0.05, 0.1) is 10.8 Å². The number of carboxylic acids is 1. The highest BCUT2D eigenvalue weighted by Gasteiger charge is 2.41. The molecule has 2 fully saturated rings. The van der Waals surface area contributed by atoms with E-state index in [1.165, 1.54) is 11.3 Å². The summed E-state index contributed by atoms with van der Waals surface area (Å²) in [4.78, 5) is 40.9. The minimum absolute atomic E-state index is 0.0588. The van der Waals surface area contributed by atoms with Crippen molar-refractivity contribution in [2.75, 3.05) is 19.6 Å². The predicted molar refractivity (Wildman–Crippen MR) is 89.9 cm³/mol. The third-order valence-electron chi connectivity index (χ3n) is 5.02. The summed E-state index contributed by atoms with van der Waals surface area (Å²) in [6, 6.07) is 3.15. The van der Waals surface area contributed by atoms with E-state index in [-0.39, 0.29) is 24.3 Å². The molecule has 3 atom stereocenters. The quantitative estimate of drug-likeness (QED) is 0.903. The van der Waals surface area contributed by atoms with Crippen molar-refractivity contribution in [2.24, 2.45) is 11.8 Å². The molecule has 0 bridgehead atoms. The van der Waals surface area contributed by atoms with Crippen LogP contribution in [-0.4, -0.2) is 58.4 Å². The average Bonchev–Trinajstić information content (AvgIpc) is 3.23. The van der Waals surface area contributed by atoms with Gasteiger partial charge in [0.25, 0.3) is 5.91 Å². The lowest BCUT2D eigenvalue weighted by atomic mass is 9.99. The van der Waals surface area contributed by atoms with Crippen LogP contribution in [0.15, 0.2) is 17.5 Å². The lowest BCUT2D eigenvalue weighted by Crippen LogP contribution is -2.52. The molecule has 3 heterocycles. The van der Waals surface area contributed by atoms with E-state index < -0.39 is 17.9 Å². The fourth-order valence-electron chi connectivity index (χ4n) is 3.65. The summed E-state index contributed by atoms with van der Waals surface area (Å²) in [5.74, 6) is -1.62. The minimum Gasteiger partial charge on any atom is -0.481 e. The standard InChI is InChI=1S/C17H22N2O4S/c1-11-9-18(10-12(11)17(22)23)15(20)13-5-2-3-7-19(13)16(21)14-6-4-8-24-14/h4,6,8,11-13H,2-3,5,7,9-10H2,1H3,(H,22,23)/t11-,12-,13?/m1/s1. The molecule has 130 valence electrons. The zero-order valence-corrected chi connectivity index (χ0v) is 14.5. The number of likely N-dealkylation sites (tertiary alicyclic amines) is 2. The number of hydrogen-bond donors (Lipinski definition) is 1. The number of piperidine rings is 1. The second-order valence-electron chi connectivity index (χ2n) is 6.65. The van der Waals surface area contributed by atoms with E-state index in [1.807, 2.05) is 18.4 Å². The number of amides is 2. The first-order valence-corrected chi connectivity index (χ1v) is 9.23. The number of rotatable bonds is 3. The smallest absolute Gasteiger partial charge is 0.308 e. The summed E-state index contributed by atoms with van der Waals surface area (Å²) in [6.45, 7) is 3.14. The van der Waals surface area contributed by atoms with Gasteiger partial charge in [-0.25, -0.2) is 0 Å². The average molecular weight is 350 g/mol. The first-order chi connectivity index (χ1) is 11.5. The molecule has 24 heavy (non-hydrogen) atoms. The first kappa shape index (κ1) is 17.0. The van der Waals surface area contributed by atoms with Crippen molar-refractivity contribution < 1.29 is 19.5 Å². The van der Waals surface area contributed by atoms with Crippen LogP contribution in [0.3, 0.4) is 0 Å². The number of aliphatic carboxylic acids is 1. The van der Waals surface area contributed by atoms with Crippen LogP contribution in [0.4, 0.5) is 0 Å². The molecule has 2 aliphatic heterocycles. The van der Waals surface area contributed by atoms with Crippen molar-refractivity contribution in [1.29, 1.82) is 0 Å². The summed E-state index contributed by atoms with van der Waals surface area (Å²) in [7, 11) is 0. The zero-order chi connectivity index (χ0) is 17.3. The fraction of sp³-hybridized carbons (Fsp3) is 0.588. The lowest BCUT2D eigenvalue weighted by molar-refractivity contribution is -0.142. The van der Waals surface area contributed by atoms with E-state index in [9.17, 15) is 19.5 Å². The molecule has 2 amide bonds. The molecule has 0 aliphatic carbocycles. The van der Waals surface area contributed by atoms with Crippen LogP contribution >= 0.6 is 11.3 Å². The Labute approximate surface area is 145 Å². The summed E-state index contributed by atoms with van der Waals surface area (Å²) >= 11 is 1.38. The Morgan fingerprint density at radius 2 is 2.04 bits per heavy atom. The zero-order valence-electron chi connectivity index (χ0n) is 13.7. The molecule has 2 aliphatic rings. The van der Waals surface area contributed by atoms with Crippen molar-refractivity contribution in [3.8, 4) is 0 Å². The number of hydrogen-bond acceptors (Lipinski definition) is 4. The van der Waals surface area contributed by atoms with Crippen LogP contribution in [0.2, 0.25) is 0 Å². The summed E-state index contributed by atoms with van der Waals surface area (Å²) in [5, 5.41) is 11.1. The van der Waals surface area contributed by atoms with Gasteiger partial charge in [0.15, 0.2) is 0 Å². The highest BCUT2D eigenvalue weighted by molar-refractivity contribution is 7.12. The van der Waals surface area contributed by atoms with Crippen LogP contribution in [0.5, 0.6) is 0 Å². The lowest BCUT2D eigenvalue weighted by Gasteiger charge is -2.36. The summed E-state index contributed by atoms with van der Waals surface area (Å²) in [6.07, 6.45) is 2.46. The number of nitrogens with zero attached hydrogens (tertiary/aromatic N) is 2. The topological polar surface area (TPSA) is 77.9 Å². The maximum atomic E-state index is 12.9. The van der Waals surface area contributed by atoms with Gasteiger partial charge in [-0.3, -0.25) is 14.4 Å². The molecule has 0 radical (unpaired) electrons. The second-order valence-corrected chi connectivity index (χ2v) is 7.60. The van der Waals surface area contributed by atoms with E-state index in [4.69, 9.17) is 0 Å². The van der Waals surface area contributed by atoms with Crippen molar-refractivity contribution in [3.63, 3.8) is 0 Å². The molecule has 0 spiro atoms. The van der Waals surface area contributed by atoms with Crippen molar-refractivity contribution in [3.05, 3.63) is 22.4 Å². The molecule has 1 unspecified atom stereocenters. The Morgan fingerprint density at radius 1 is 1.25 bits per heavy atom. The van der Waals surface area contributed by atoms with Crippen molar-refractivity contribution >= 4 is 29.1 Å². The van der Waals surface area contributed by atoms with Gasteiger partial charge < -0.3 is 14.9 Å². The first-order valence-electron chi connectivity index (χ1n) is 8.35. The molecule has 1 aromatic rings. The van der Waals surface area contributed by atoms with Gasteiger partial charge in [0.2, 0.25) is 5.91 Å². The molecule has 6 nitrogen and oxygen atoms in total. The monoisotopic (exact) mass is 350 g/mol. The van der Waals surface area contributed by atoms with Crippen molar-refractivity contribution in [1.82, 2.24) is 9.80 Å². The summed E-state index contributed by atoms with van der Waals surface area (Å²) in [5.41, 5.74) is 0. The highest BCUT2D eigenvalue weighted by Crippen LogP contribution is 2.28. The Kier molecular flexibility index (Phi) is 4.89. The maximum absolute atomic E-state index is 12.9. The van der Waals surface area contributed by atoms with Crippen LogP contribution < -0.4 is 0 Å². The number of carbonyl (C=O) groups is 3. The van der Waals surface area contributed by atoms with Gasteiger partial charge in [-0.05, 0) is 36.6 Å². The molecule has 1 aromatic heterocycles. The summed E-state index contributed by atoms with van der Waals surface area (Å²) < 4.78 is 0. The van der Waals surface area contributed by atoms with Gasteiger partial charge in [-0.2, -0.15) is 0 Å². The molecule has 0 saturated carbocycles. The second kappa shape index (κ2) is 6.93. The fourth-order valence-corrected chi connectivity index (χ4v) is 4.33. The maximum Gasteiger partial charge on any atom is 0.308 e. The number of carbonyl (C=O) groups excluding carboxylic acids is 2. The van der Waals surface area contributed by atoms with E-state index in [0.717, 1.165) is 12.8 Å². The molecular weight excluding hydrogens is 328 g/mol. The van der Waals surface area contributed by atoms with Gasteiger partial charge in [0.1, 0.15) is 6.04 Å². The SMILES string of the molecule is C[C@@H]1CN(C(=O)C2CCCCN2C(=O)c2cccs2)C[C@H]1C(=O)O. The molecule has 7 heteroatoms. The Balaban J connectivity index is 1.75. The Bertz CT molecular complexity index is 631. The Hall–Kier alpha value is -1.89. The molecular formula is C17H22N2O4S. The van der Waals surface area contributed by atoms with E-state index in [1.54, 1.807) is 15.9 Å². The van der Waals surface area contributed by atoms with Crippen LogP contribution in [0.1, 0.15) is 35.9 Å². The van der Waals surface area contributed by atoms with Crippen LogP contribution in [0, 0.1) is 11.8 Å². The van der Waals surface area contributed by atoms with Crippen LogP contribution in [0.25, 0.3) is 0 Å². The van der Waals surface area contributed by atoms with Gasteiger partial charge in [0, 0.05) is 19.6 Å². The minimum atomic E-state index is -0.854. The van der Waals surface area contributed by atoms with Gasteiger partial charge in [-0.1, -0.05) is 13.0 Å². The third kappa shape index (κ3) is 3.17.